The first-order valence-electron chi connectivity index (χ1n) is 13.1. The fraction of sp³-hybridized carbons (Fsp3) is 0.161. The first kappa shape index (κ1) is 26.3. The van der Waals surface area contributed by atoms with Crippen molar-refractivity contribution in [2.75, 3.05) is 48.4 Å². The number of nitrogens with zero attached hydrogens (tertiary/aromatic N) is 4. The standard InChI is InChI=1S/C31H26ClN5O4/c1-40-22-13-11-21(12-14-22)36-15-17-37(18-16-36)31-33-19-24(32)27(35-31)30(39)34-26-23-9-5-6-10-25(23)41-29(26)28(38)20-7-3-2-4-8-20/h2-14,19H,15-18H2,1H3,(H,34,39). The second-order valence-corrected chi connectivity index (χ2v) is 9.90. The molecule has 10 heteroatoms. The predicted octanol–water partition coefficient (Wildman–Crippen LogP) is 5.69. The lowest BCUT2D eigenvalue weighted by molar-refractivity contribution is 0.101. The second kappa shape index (κ2) is 11.3. The van der Waals surface area contributed by atoms with Crippen LogP contribution in [0.4, 0.5) is 17.3 Å². The number of rotatable bonds is 7. The number of ketones is 1. The van der Waals surface area contributed by atoms with Crippen molar-refractivity contribution in [3.8, 4) is 5.75 Å². The number of amides is 1. The number of halogens is 1. The molecule has 0 atom stereocenters. The highest BCUT2D eigenvalue weighted by Crippen LogP contribution is 2.33. The fourth-order valence-corrected chi connectivity index (χ4v) is 5.03. The second-order valence-electron chi connectivity index (χ2n) is 9.49. The Bertz CT molecular complexity index is 1710. The Morgan fingerprint density at radius 3 is 2.32 bits per heavy atom. The van der Waals surface area contributed by atoms with Gasteiger partial charge in [0.05, 0.1) is 24.0 Å². The molecule has 0 radical (unpaired) electrons. The van der Waals surface area contributed by atoms with Crippen molar-refractivity contribution in [1.29, 1.82) is 0 Å². The molecule has 41 heavy (non-hydrogen) atoms. The summed E-state index contributed by atoms with van der Waals surface area (Å²) in [6, 6.07) is 23.9. The molecule has 3 heterocycles. The van der Waals surface area contributed by atoms with Gasteiger partial charge in [-0.1, -0.05) is 54.1 Å². The zero-order valence-corrected chi connectivity index (χ0v) is 23.0. The van der Waals surface area contributed by atoms with Crippen LogP contribution in [0.15, 0.2) is 89.5 Å². The molecule has 1 saturated heterocycles. The maximum absolute atomic E-state index is 13.5. The minimum absolute atomic E-state index is 0.0117. The number of methoxy groups -OCH3 is 1. The van der Waals surface area contributed by atoms with Crippen molar-refractivity contribution in [2.45, 2.75) is 0 Å². The number of carbonyl (C=O) groups excluding carboxylic acids is 2. The summed E-state index contributed by atoms with van der Waals surface area (Å²) in [5.41, 5.74) is 2.31. The molecule has 0 saturated carbocycles. The number of carbonyl (C=O) groups is 2. The molecule has 1 aliphatic heterocycles. The van der Waals surface area contributed by atoms with Gasteiger partial charge in [0.25, 0.3) is 5.91 Å². The minimum Gasteiger partial charge on any atom is -0.497 e. The lowest BCUT2D eigenvalue weighted by atomic mass is 10.1. The molecular weight excluding hydrogens is 542 g/mol. The van der Waals surface area contributed by atoms with Gasteiger partial charge in [0.2, 0.25) is 11.7 Å². The van der Waals surface area contributed by atoms with Crippen molar-refractivity contribution in [3.63, 3.8) is 0 Å². The molecule has 0 spiro atoms. The van der Waals surface area contributed by atoms with Crippen LogP contribution in [0.3, 0.4) is 0 Å². The number of aromatic nitrogens is 2. The van der Waals surface area contributed by atoms with Gasteiger partial charge in [0, 0.05) is 42.8 Å². The third-order valence-corrected chi connectivity index (χ3v) is 7.30. The van der Waals surface area contributed by atoms with E-state index in [-0.39, 0.29) is 27.9 Å². The van der Waals surface area contributed by atoms with Gasteiger partial charge in [0.15, 0.2) is 11.5 Å². The lowest BCUT2D eigenvalue weighted by Crippen LogP contribution is -2.47. The number of fused-ring (bicyclic) bond motifs is 1. The van der Waals surface area contributed by atoms with Crippen molar-refractivity contribution in [2.24, 2.45) is 0 Å². The van der Waals surface area contributed by atoms with Crippen LogP contribution in [-0.2, 0) is 0 Å². The molecule has 0 unspecified atom stereocenters. The third-order valence-electron chi connectivity index (χ3n) is 7.02. The summed E-state index contributed by atoms with van der Waals surface area (Å²) in [7, 11) is 1.65. The van der Waals surface area contributed by atoms with Crippen LogP contribution in [0, 0.1) is 0 Å². The maximum atomic E-state index is 13.5. The number of hydrogen-bond donors (Lipinski definition) is 1. The fourth-order valence-electron chi connectivity index (χ4n) is 4.85. The van der Waals surface area contributed by atoms with Gasteiger partial charge < -0.3 is 24.3 Å². The number of benzene rings is 3. The first-order chi connectivity index (χ1) is 20.0. The first-order valence-corrected chi connectivity index (χ1v) is 13.5. The minimum atomic E-state index is -0.566. The van der Waals surface area contributed by atoms with Gasteiger partial charge in [-0.25, -0.2) is 9.97 Å². The van der Waals surface area contributed by atoms with Gasteiger partial charge in [-0.15, -0.1) is 0 Å². The predicted molar refractivity (Wildman–Crippen MR) is 159 cm³/mol. The van der Waals surface area contributed by atoms with E-state index in [1.165, 1.54) is 6.20 Å². The van der Waals surface area contributed by atoms with E-state index < -0.39 is 5.91 Å². The van der Waals surface area contributed by atoms with Crippen LogP contribution >= 0.6 is 11.6 Å². The average Bonchev–Trinajstić information content (AvgIpc) is 3.39. The lowest BCUT2D eigenvalue weighted by Gasteiger charge is -2.36. The summed E-state index contributed by atoms with van der Waals surface area (Å²) in [6.45, 7) is 2.84. The van der Waals surface area contributed by atoms with Gasteiger partial charge in [-0.05, 0) is 36.4 Å². The molecule has 5 aromatic rings. The molecule has 2 aromatic heterocycles. The van der Waals surface area contributed by atoms with Crippen molar-refractivity contribution in [1.82, 2.24) is 9.97 Å². The van der Waals surface area contributed by atoms with Gasteiger partial charge >= 0.3 is 0 Å². The quantitative estimate of drug-likeness (QED) is 0.250. The Morgan fingerprint density at radius 1 is 0.902 bits per heavy atom. The summed E-state index contributed by atoms with van der Waals surface area (Å²) in [4.78, 5) is 40.1. The van der Waals surface area contributed by atoms with Gasteiger partial charge in [0.1, 0.15) is 11.3 Å². The van der Waals surface area contributed by atoms with E-state index >= 15 is 0 Å². The number of anilines is 3. The number of ether oxygens (including phenoxy) is 1. The summed E-state index contributed by atoms with van der Waals surface area (Å²) < 4.78 is 11.2. The van der Waals surface area contributed by atoms with E-state index in [4.69, 9.17) is 20.8 Å². The smallest absolute Gasteiger partial charge is 0.276 e. The summed E-state index contributed by atoms with van der Waals surface area (Å²) in [5, 5.41) is 3.55. The normalized spacial score (nSPS) is 13.3. The zero-order valence-electron chi connectivity index (χ0n) is 22.2. The van der Waals surface area contributed by atoms with Crippen LogP contribution < -0.4 is 19.9 Å². The van der Waals surface area contributed by atoms with E-state index in [9.17, 15) is 9.59 Å². The molecule has 9 nitrogen and oxygen atoms in total. The van der Waals surface area contributed by atoms with Gasteiger partial charge in [-0.2, -0.15) is 0 Å². The topological polar surface area (TPSA) is 101 Å². The Kier molecular flexibility index (Phi) is 7.26. The third kappa shape index (κ3) is 5.31. The van der Waals surface area contributed by atoms with Crippen molar-refractivity contribution in [3.05, 3.63) is 107 Å². The van der Waals surface area contributed by atoms with Crippen molar-refractivity contribution >= 4 is 51.6 Å². The molecule has 1 N–H and O–H groups in total. The Hall–Kier alpha value is -4.89. The SMILES string of the molecule is COc1ccc(N2CCN(c3ncc(Cl)c(C(=O)Nc4c(C(=O)c5ccccc5)oc5ccccc45)n3)CC2)cc1. The molecular formula is C31H26ClN5O4. The highest BCUT2D eigenvalue weighted by Gasteiger charge is 2.26. The van der Waals surface area contributed by atoms with Crippen LogP contribution in [-0.4, -0.2) is 54.9 Å². The number of nitrogens with one attached hydrogen (secondary N) is 1. The van der Waals surface area contributed by atoms with Gasteiger partial charge in [-0.3, -0.25) is 9.59 Å². The Labute approximate surface area is 241 Å². The van der Waals surface area contributed by atoms with E-state index in [1.54, 1.807) is 49.6 Å². The molecule has 1 fully saturated rings. The van der Waals surface area contributed by atoms with E-state index in [1.807, 2.05) is 41.3 Å². The highest BCUT2D eigenvalue weighted by atomic mass is 35.5. The monoisotopic (exact) mass is 567 g/mol. The summed E-state index contributed by atoms with van der Waals surface area (Å²) in [5.74, 6) is 0.343. The molecule has 1 amide bonds. The highest BCUT2D eigenvalue weighted by molar-refractivity contribution is 6.34. The Morgan fingerprint density at radius 2 is 1.59 bits per heavy atom. The molecule has 206 valence electrons. The number of para-hydroxylation sites is 1. The number of furan rings is 1. The molecule has 6 rings (SSSR count). The van der Waals surface area contributed by atoms with E-state index in [0.717, 1.165) is 24.5 Å². The molecule has 0 bridgehead atoms. The number of piperazine rings is 1. The zero-order chi connectivity index (χ0) is 28.3. The Balaban J connectivity index is 1.23. The van der Waals surface area contributed by atoms with Crippen molar-refractivity contribution < 1.29 is 18.7 Å². The van der Waals surface area contributed by atoms with Crippen LogP contribution in [0.25, 0.3) is 11.0 Å². The average molecular weight is 568 g/mol. The number of hydrogen-bond acceptors (Lipinski definition) is 8. The summed E-state index contributed by atoms with van der Waals surface area (Å²) in [6.07, 6.45) is 1.43. The van der Waals surface area contributed by atoms with Crippen LogP contribution in [0.1, 0.15) is 26.6 Å². The maximum Gasteiger partial charge on any atom is 0.276 e. The largest absolute Gasteiger partial charge is 0.497 e. The van der Waals surface area contributed by atoms with E-state index in [2.05, 4.69) is 20.2 Å². The molecule has 3 aromatic carbocycles. The van der Waals surface area contributed by atoms with Crippen LogP contribution in [0.2, 0.25) is 5.02 Å². The molecule has 1 aliphatic rings. The van der Waals surface area contributed by atoms with E-state index in [0.29, 0.717) is 35.6 Å². The van der Waals surface area contributed by atoms with Crippen LogP contribution in [0.5, 0.6) is 5.75 Å². The molecule has 0 aliphatic carbocycles. The summed E-state index contributed by atoms with van der Waals surface area (Å²) >= 11 is 6.40.